The average molecular weight is 688 g/mol. The Morgan fingerprint density at radius 2 is 1.65 bits per heavy atom. The zero-order chi connectivity index (χ0) is 34.6. The van der Waals surface area contributed by atoms with Gasteiger partial charge in [0.2, 0.25) is 0 Å². The van der Waals surface area contributed by atoms with Crippen LogP contribution in [0.3, 0.4) is 0 Å². The van der Waals surface area contributed by atoms with Crippen molar-refractivity contribution in [3.63, 3.8) is 0 Å². The molecule has 6 rings (SSSR count). The maximum absolute atomic E-state index is 12.4. The van der Waals surface area contributed by atoms with Crippen LogP contribution in [0.15, 0.2) is 49.1 Å². The van der Waals surface area contributed by atoms with Gasteiger partial charge in [-0.25, -0.2) is 24.7 Å². The van der Waals surface area contributed by atoms with Crippen molar-refractivity contribution < 1.29 is 19.0 Å². The molecule has 2 aliphatic heterocycles. The minimum atomic E-state index is -1.22. The van der Waals surface area contributed by atoms with Crippen molar-refractivity contribution >= 4 is 48.3 Å². The quantitative estimate of drug-likeness (QED) is 0.160. The number of nitrogens with one attached hydrogen (secondary N) is 1. The lowest BCUT2D eigenvalue weighted by atomic mass is 10.1. The molecule has 49 heavy (non-hydrogen) atoms. The fourth-order valence-corrected chi connectivity index (χ4v) is 6.60. The highest BCUT2D eigenvalue weighted by molar-refractivity contribution is 6.76. The Balaban J connectivity index is 1.14. The summed E-state index contributed by atoms with van der Waals surface area (Å²) < 4.78 is 19.5. The van der Waals surface area contributed by atoms with E-state index in [0.29, 0.717) is 51.9 Å². The van der Waals surface area contributed by atoms with E-state index in [9.17, 15) is 4.79 Å². The number of nitrogens with zero attached hydrogens (tertiary/aromatic N) is 8. The molecule has 5 heterocycles. The molecular weight excluding hydrogens is 639 g/mol. The van der Waals surface area contributed by atoms with E-state index < -0.39 is 13.7 Å². The van der Waals surface area contributed by atoms with Crippen molar-refractivity contribution in [1.29, 1.82) is 0 Å². The summed E-state index contributed by atoms with van der Waals surface area (Å²) in [5.74, 6) is 2.36. The van der Waals surface area contributed by atoms with Crippen molar-refractivity contribution in [2.45, 2.75) is 58.8 Å². The van der Waals surface area contributed by atoms with Crippen LogP contribution < -0.4 is 15.1 Å². The minimum absolute atomic E-state index is 0.275. The van der Waals surface area contributed by atoms with Crippen molar-refractivity contribution in [3.05, 3.63) is 49.1 Å². The van der Waals surface area contributed by atoms with Gasteiger partial charge in [-0.05, 0) is 50.6 Å². The van der Waals surface area contributed by atoms with Gasteiger partial charge in [-0.1, -0.05) is 31.8 Å². The Labute approximate surface area is 289 Å². The molecule has 2 aliphatic rings. The van der Waals surface area contributed by atoms with E-state index in [1.54, 1.807) is 23.6 Å². The molecule has 1 N–H and O–H groups in total. The minimum Gasteiger partial charge on any atom is -0.444 e. The second-order valence-electron chi connectivity index (χ2n) is 14.8. The van der Waals surface area contributed by atoms with Crippen LogP contribution in [-0.4, -0.2) is 108 Å². The van der Waals surface area contributed by atoms with Gasteiger partial charge < -0.3 is 38.8 Å². The second kappa shape index (κ2) is 14.7. The van der Waals surface area contributed by atoms with Gasteiger partial charge >= 0.3 is 6.09 Å². The number of carbonyl (C=O) groups excluding carboxylic acids is 1. The number of hydrogen-bond acceptors (Lipinski definition) is 11. The Hall–Kier alpha value is -4.27. The number of benzene rings is 1. The third-order valence-electron chi connectivity index (χ3n) is 8.54. The van der Waals surface area contributed by atoms with Crippen molar-refractivity contribution in [3.8, 4) is 11.3 Å². The summed E-state index contributed by atoms with van der Waals surface area (Å²) in [7, 11) is -1.22. The Bertz CT molecular complexity index is 1700. The van der Waals surface area contributed by atoms with Gasteiger partial charge in [0.15, 0.2) is 0 Å². The monoisotopic (exact) mass is 687 g/mol. The summed E-state index contributed by atoms with van der Waals surface area (Å²) in [4.78, 5) is 37.3. The zero-order valence-corrected chi connectivity index (χ0v) is 30.6. The number of anilines is 4. The maximum atomic E-state index is 12.4. The molecule has 4 aromatic rings. The van der Waals surface area contributed by atoms with Crippen molar-refractivity contribution in [2.75, 3.05) is 74.2 Å². The van der Waals surface area contributed by atoms with Gasteiger partial charge in [0, 0.05) is 59.6 Å². The molecule has 262 valence electrons. The fourth-order valence-electron chi connectivity index (χ4n) is 5.85. The molecule has 3 aromatic heterocycles. The number of amides is 1. The summed E-state index contributed by atoms with van der Waals surface area (Å²) >= 11 is 0. The first-order valence-electron chi connectivity index (χ1n) is 17.1. The highest BCUT2D eigenvalue weighted by Gasteiger charge is 2.27. The summed E-state index contributed by atoms with van der Waals surface area (Å²) in [5.41, 5.74) is 3.34. The number of hydrogen-bond donors (Lipinski definition) is 1. The highest BCUT2D eigenvalue weighted by atomic mass is 28.3. The maximum Gasteiger partial charge on any atom is 0.410 e. The van der Waals surface area contributed by atoms with E-state index in [-0.39, 0.29) is 6.09 Å². The Morgan fingerprint density at radius 1 is 0.918 bits per heavy atom. The van der Waals surface area contributed by atoms with E-state index in [4.69, 9.17) is 24.2 Å². The first kappa shape index (κ1) is 34.6. The lowest BCUT2D eigenvalue weighted by Crippen LogP contribution is -2.50. The number of carbonyl (C=O) groups is 1. The van der Waals surface area contributed by atoms with E-state index in [2.05, 4.69) is 67.5 Å². The number of rotatable bonds is 10. The molecule has 0 atom stereocenters. The largest absolute Gasteiger partial charge is 0.444 e. The van der Waals surface area contributed by atoms with E-state index >= 15 is 0 Å². The summed E-state index contributed by atoms with van der Waals surface area (Å²) in [6, 6.07) is 11.6. The van der Waals surface area contributed by atoms with Gasteiger partial charge in [-0.2, -0.15) is 0 Å². The summed E-state index contributed by atoms with van der Waals surface area (Å²) in [6.45, 7) is 19.3. The third-order valence-corrected chi connectivity index (χ3v) is 10.2. The van der Waals surface area contributed by atoms with Crippen LogP contribution in [0.25, 0.3) is 22.3 Å². The molecule has 2 fully saturated rings. The van der Waals surface area contributed by atoms with E-state index in [1.807, 2.05) is 32.9 Å². The standard InChI is InChI=1S/C35H49N9O4Si/c1-35(2,3)48-34(45)43-13-11-41(12-14-43)31-23-36-30(22-37-31)40-27-9-7-26(8-10-27)29-21-28-32(42-15-17-46-18-16-42)38-24-39-33(28)44(29)25-47-19-20-49(4,5)6/h7-10,21-24H,11-20,25H2,1-6H3,(H,36,40). The SMILES string of the molecule is CC(C)(C)OC(=O)N1CCN(c2cnc(Nc3ccc(-c4cc5c(N6CCOCC6)ncnc5n4COCC[Si](C)(C)C)cc3)cn2)CC1. The lowest BCUT2D eigenvalue weighted by Gasteiger charge is -2.36. The molecule has 0 aliphatic carbocycles. The predicted molar refractivity (Wildman–Crippen MR) is 195 cm³/mol. The second-order valence-corrected chi connectivity index (χ2v) is 20.4. The number of ether oxygens (including phenoxy) is 3. The van der Waals surface area contributed by atoms with E-state index in [1.165, 1.54) is 0 Å². The van der Waals surface area contributed by atoms with Crippen molar-refractivity contribution in [2.24, 2.45) is 0 Å². The molecule has 0 unspecified atom stereocenters. The highest BCUT2D eigenvalue weighted by Crippen LogP contribution is 2.33. The molecular formula is C35H49N9O4Si. The molecule has 1 amide bonds. The first-order valence-corrected chi connectivity index (χ1v) is 20.8. The topological polar surface area (TPSA) is 123 Å². The Morgan fingerprint density at radius 3 is 2.31 bits per heavy atom. The van der Waals surface area contributed by atoms with Gasteiger partial charge in [0.05, 0.1) is 36.7 Å². The molecule has 0 saturated carbocycles. The van der Waals surface area contributed by atoms with Crippen LogP contribution in [0.5, 0.6) is 0 Å². The summed E-state index contributed by atoms with van der Waals surface area (Å²) in [5, 5.41) is 4.39. The zero-order valence-electron chi connectivity index (χ0n) is 29.6. The van der Waals surface area contributed by atoms with Gasteiger partial charge in [0.1, 0.15) is 41.8 Å². The molecule has 0 spiro atoms. The molecule has 1 aromatic carbocycles. The molecule has 13 nitrogen and oxygen atoms in total. The van der Waals surface area contributed by atoms with Gasteiger partial charge in [-0.15, -0.1) is 0 Å². The molecule has 2 saturated heterocycles. The van der Waals surface area contributed by atoms with E-state index in [0.717, 1.165) is 65.4 Å². The molecule has 0 bridgehead atoms. The molecule has 0 radical (unpaired) electrons. The first-order chi connectivity index (χ1) is 23.4. The number of fused-ring (bicyclic) bond motifs is 1. The van der Waals surface area contributed by atoms with Crippen LogP contribution >= 0.6 is 0 Å². The van der Waals surface area contributed by atoms with Crippen LogP contribution in [0.4, 0.5) is 27.9 Å². The lowest BCUT2D eigenvalue weighted by molar-refractivity contribution is 0.0240. The smallest absolute Gasteiger partial charge is 0.410 e. The van der Waals surface area contributed by atoms with Gasteiger partial charge in [0.25, 0.3) is 0 Å². The number of piperazine rings is 1. The Kier molecular flexibility index (Phi) is 10.4. The molecule has 14 heteroatoms. The summed E-state index contributed by atoms with van der Waals surface area (Å²) in [6.07, 6.45) is 4.89. The van der Waals surface area contributed by atoms with Crippen LogP contribution in [-0.2, 0) is 20.9 Å². The number of aromatic nitrogens is 5. The van der Waals surface area contributed by atoms with Crippen LogP contribution in [0, 0.1) is 0 Å². The van der Waals surface area contributed by atoms with Crippen molar-refractivity contribution in [1.82, 2.24) is 29.4 Å². The predicted octanol–water partition coefficient (Wildman–Crippen LogP) is 5.84. The fraction of sp³-hybridized carbons (Fsp3) is 0.514. The van der Waals surface area contributed by atoms with Crippen LogP contribution in [0.2, 0.25) is 25.7 Å². The normalized spacial score (nSPS) is 15.9. The average Bonchev–Trinajstić information content (AvgIpc) is 3.45. The third kappa shape index (κ3) is 8.85. The van der Waals surface area contributed by atoms with Gasteiger partial charge in [-0.3, -0.25) is 0 Å². The van der Waals surface area contributed by atoms with Crippen LogP contribution in [0.1, 0.15) is 20.8 Å². The number of morpholine rings is 1.